The molecule has 2 heterocycles. The molecule has 3 rings (SSSR count). The molecule has 2 unspecified atom stereocenters. The van der Waals surface area contributed by atoms with Gasteiger partial charge in [-0.15, -0.1) is 12.4 Å². The van der Waals surface area contributed by atoms with Crippen molar-refractivity contribution in [2.75, 3.05) is 13.1 Å². The van der Waals surface area contributed by atoms with Crippen molar-refractivity contribution >= 4 is 40.9 Å². The highest BCUT2D eigenvalue weighted by Gasteiger charge is 2.38. The van der Waals surface area contributed by atoms with Crippen LogP contribution in [0.4, 0.5) is 4.39 Å². The molecule has 2 fully saturated rings. The van der Waals surface area contributed by atoms with Crippen LogP contribution in [0.25, 0.3) is 0 Å². The summed E-state index contributed by atoms with van der Waals surface area (Å²) in [5, 5.41) is 3.37. The van der Waals surface area contributed by atoms with E-state index in [4.69, 9.17) is 0 Å². The molecule has 2 aliphatic heterocycles. The highest BCUT2D eigenvalue weighted by Crippen LogP contribution is 2.29. The predicted octanol–water partition coefficient (Wildman–Crippen LogP) is 2.82. The first-order valence-electron chi connectivity index (χ1n) is 6.65. The van der Waals surface area contributed by atoms with Crippen molar-refractivity contribution < 1.29 is 9.18 Å². The Morgan fingerprint density at radius 1 is 1.30 bits per heavy atom. The SMILES string of the molecule is Cl.O=C(c1ccc(I)c(F)c1)N1C2CCNCC1CC2. The fourth-order valence-corrected chi connectivity index (χ4v) is 3.43. The maximum absolute atomic E-state index is 13.6. The first kappa shape index (κ1) is 16.0. The lowest BCUT2D eigenvalue weighted by atomic mass is 10.1. The lowest BCUT2D eigenvalue weighted by Gasteiger charge is -2.28. The Morgan fingerprint density at radius 2 is 2.05 bits per heavy atom. The molecule has 1 amide bonds. The van der Waals surface area contributed by atoms with Crippen molar-refractivity contribution in [3.05, 3.63) is 33.1 Å². The Balaban J connectivity index is 0.00000147. The normalized spacial score (nSPS) is 25.0. The molecule has 0 aromatic heterocycles. The van der Waals surface area contributed by atoms with Gasteiger partial charge in [-0.05, 0) is 66.6 Å². The van der Waals surface area contributed by atoms with Crippen molar-refractivity contribution in [1.29, 1.82) is 0 Å². The molecule has 110 valence electrons. The van der Waals surface area contributed by atoms with E-state index in [0.717, 1.165) is 32.4 Å². The number of hydrogen-bond donors (Lipinski definition) is 1. The summed E-state index contributed by atoms with van der Waals surface area (Å²) in [6.07, 6.45) is 3.12. The van der Waals surface area contributed by atoms with Gasteiger partial charge in [-0.2, -0.15) is 0 Å². The van der Waals surface area contributed by atoms with Gasteiger partial charge in [0, 0.05) is 27.8 Å². The predicted molar refractivity (Wildman–Crippen MR) is 86.8 cm³/mol. The van der Waals surface area contributed by atoms with E-state index in [9.17, 15) is 9.18 Å². The van der Waals surface area contributed by atoms with Crippen LogP contribution in [0.1, 0.15) is 29.6 Å². The largest absolute Gasteiger partial charge is 0.331 e. The summed E-state index contributed by atoms with van der Waals surface area (Å²) >= 11 is 1.94. The molecule has 0 spiro atoms. The second-order valence-electron chi connectivity index (χ2n) is 5.22. The molecule has 2 aliphatic rings. The number of amides is 1. The van der Waals surface area contributed by atoms with Gasteiger partial charge in [-0.25, -0.2) is 4.39 Å². The third-order valence-electron chi connectivity index (χ3n) is 4.06. The summed E-state index contributed by atoms with van der Waals surface area (Å²) in [6.45, 7) is 1.82. The van der Waals surface area contributed by atoms with E-state index in [1.807, 2.05) is 27.5 Å². The van der Waals surface area contributed by atoms with Gasteiger partial charge in [0.2, 0.25) is 0 Å². The molecule has 1 aromatic carbocycles. The Morgan fingerprint density at radius 3 is 2.80 bits per heavy atom. The summed E-state index contributed by atoms with van der Waals surface area (Å²) in [5.41, 5.74) is 0.469. The van der Waals surface area contributed by atoms with E-state index >= 15 is 0 Å². The number of fused-ring (bicyclic) bond motifs is 2. The number of halogens is 3. The van der Waals surface area contributed by atoms with Gasteiger partial charge in [0.15, 0.2) is 0 Å². The number of nitrogens with one attached hydrogen (secondary N) is 1. The summed E-state index contributed by atoms with van der Waals surface area (Å²) < 4.78 is 14.2. The second kappa shape index (κ2) is 6.58. The first-order valence-corrected chi connectivity index (χ1v) is 7.73. The van der Waals surface area contributed by atoms with E-state index in [1.54, 1.807) is 12.1 Å². The average Bonchev–Trinajstić information content (AvgIpc) is 2.65. The number of benzene rings is 1. The van der Waals surface area contributed by atoms with Crippen LogP contribution < -0.4 is 5.32 Å². The Hall–Kier alpha value is -0.400. The summed E-state index contributed by atoms with van der Waals surface area (Å²) in [6, 6.07) is 5.34. The molecule has 3 nitrogen and oxygen atoms in total. The summed E-state index contributed by atoms with van der Waals surface area (Å²) in [4.78, 5) is 14.6. The minimum absolute atomic E-state index is 0. The second-order valence-corrected chi connectivity index (χ2v) is 6.38. The zero-order chi connectivity index (χ0) is 13.4. The third kappa shape index (κ3) is 2.94. The van der Waals surface area contributed by atoms with Crippen molar-refractivity contribution in [3.8, 4) is 0 Å². The summed E-state index contributed by atoms with van der Waals surface area (Å²) in [7, 11) is 0. The molecule has 0 saturated carbocycles. The topological polar surface area (TPSA) is 32.3 Å². The van der Waals surface area contributed by atoms with Crippen LogP contribution in [0.2, 0.25) is 0 Å². The number of hydrogen-bond acceptors (Lipinski definition) is 2. The van der Waals surface area contributed by atoms with Gasteiger partial charge in [0.25, 0.3) is 5.91 Å². The molecule has 1 N–H and O–H groups in total. The maximum Gasteiger partial charge on any atom is 0.254 e. The van der Waals surface area contributed by atoms with Crippen molar-refractivity contribution in [3.63, 3.8) is 0 Å². The van der Waals surface area contributed by atoms with Gasteiger partial charge in [0.05, 0.1) is 0 Å². The third-order valence-corrected chi connectivity index (χ3v) is 4.93. The van der Waals surface area contributed by atoms with Gasteiger partial charge >= 0.3 is 0 Å². The average molecular weight is 411 g/mol. The van der Waals surface area contributed by atoms with E-state index in [0.29, 0.717) is 15.2 Å². The van der Waals surface area contributed by atoms with Crippen LogP contribution >= 0.6 is 35.0 Å². The number of nitrogens with zero attached hydrogens (tertiary/aromatic N) is 1. The maximum atomic E-state index is 13.6. The molecule has 2 atom stereocenters. The number of rotatable bonds is 1. The molecular formula is C14H17ClFIN2O. The van der Waals surface area contributed by atoms with Crippen molar-refractivity contribution in [2.45, 2.75) is 31.3 Å². The Bertz CT molecular complexity index is 500. The van der Waals surface area contributed by atoms with Gasteiger partial charge < -0.3 is 10.2 Å². The van der Waals surface area contributed by atoms with Crippen LogP contribution in [0.3, 0.4) is 0 Å². The molecule has 20 heavy (non-hydrogen) atoms. The van der Waals surface area contributed by atoms with Crippen LogP contribution in [0.5, 0.6) is 0 Å². The Kier molecular flexibility index (Phi) is 5.25. The quantitative estimate of drug-likeness (QED) is 0.722. The molecule has 0 radical (unpaired) electrons. The van der Waals surface area contributed by atoms with Gasteiger partial charge in [-0.1, -0.05) is 0 Å². The van der Waals surface area contributed by atoms with Crippen molar-refractivity contribution in [1.82, 2.24) is 10.2 Å². The zero-order valence-electron chi connectivity index (χ0n) is 10.9. The molecular weight excluding hydrogens is 394 g/mol. The lowest BCUT2D eigenvalue weighted by molar-refractivity contribution is 0.0679. The first-order chi connectivity index (χ1) is 9.16. The van der Waals surface area contributed by atoms with E-state index in [-0.39, 0.29) is 30.2 Å². The number of carbonyl (C=O) groups is 1. The van der Waals surface area contributed by atoms with Crippen LogP contribution in [-0.2, 0) is 0 Å². The van der Waals surface area contributed by atoms with Gasteiger partial charge in [-0.3, -0.25) is 4.79 Å². The Labute approximate surface area is 137 Å². The van der Waals surface area contributed by atoms with Crippen molar-refractivity contribution in [2.24, 2.45) is 0 Å². The van der Waals surface area contributed by atoms with Crippen LogP contribution in [-0.4, -0.2) is 36.0 Å². The standard InChI is InChI=1S/C14H16FIN2O.ClH/c15-12-7-9(1-4-13(12)16)14(19)18-10-2-3-11(18)8-17-6-5-10;/h1,4,7,10-11,17H,2-3,5-6,8H2;1H. The van der Waals surface area contributed by atoms with E-state index in [2.05, 4.69) is 5.32 Å². The summed E-state index contributed by atoms with van der Waals surface area (Å²) in [5.74, 6) is -0.335. The molecule has 2 bridgehead atoms. The smallest absolute Gasteiger partial charge is 0.254 e. The fourth-order valence-electron chi connectivity index (χ4n) is 3.09. The van der Waals surface area contributed by atoms with E-state index < -0.39 is 0 Å². The molecule has 1 aromatic rings. The monoisotopic (exact) mass is 410 g/mol. The number of carbonyl (C=O) groups excluding carboxylic acids is 1. The minimum Gasteiger partial charge on any atom is -0.331 e. The zero-order valence-corrected chi connectivity index (χ0v) is 13.9. The van der Waals surface area contributed by atoms with Crippen LogP contribution in [0.15, 0.2) is 18.2 Å². The van der Waals surface area contributed by atoms with Crippen LogP contribution in [0, 0.1) is 9.39 Å². The molecule has 6 heteroatoms. The van der Waals surface area contributed by atoms with E-state index in [1.165, 1.54) is 6.07 Å². The lowest BCUT2D eigenvalue weighted by Crippen LogP contribution is -2.42. The fraction of sp³-hybridized carbons (Fsp3) is 0.500. The molecule has 0 aliphatic carbocycles. The van der Waals surface area contributed by atoms with Gasteiger partial charge in [0.1, 0.15) is 5.82 Å². The highest BCUT2D eigenvalue weighted by molar-refractivity contribution is 14.1. The minimum atomic E-state index is -0.313. The molecule has 2 saturated heterocycles. The highest BCUT2D eigenvalue weighted by atomic mass is 127.